The van der Waals surface area contributed by atoms with Gasteiger partial charge in [0.25, 0.3) is 0 Å². The predicted octanol–water partition coefficient (Wildman–Crippen LogP) is 3.64. The molecule has 1 saturated carbocycles. The van der Waals surface area contributed by atoms with Gasteiger partial charge in [-0.15, -0.1) is 0 Å². The molecule has 2 N–H and O–H groups in total. The van der Waals surface area contributed by atoms with E-state index in [1.807, 2.05) is 6.92 Å². The summed E-state index contributed by atoms with van der Waals surface area (Å²) < 4.78 is 65.9. The van der Waals surface area contributed by atoms with Crippen molar-refractivity contribution < 1.29 is 26.4 Å². The lowest BCUT2D eigenvalue weighted by molar-refractivity contribution is -0.137. The minimum atomic E-state index is -4.52. The number of halogens is 3. The van der Waals surface area contributed by atoms with Crippen LogP contribution >= 0.6 is 0 Å². The molecule has 2 fully saturated rings. The van der Waals surface area contributed by atoms with Gasteiger partial charge in [0, 0.05) is 19.1 Å². The fraction of sp³-hybridized carbons (Fsp3) is 0.696. The Morgan fingerprint density at radius 1 is 1.12 bits per heavy atom. The number of carbonyl (C=O) groups excluding carboxylic acids is 1. The van der Waals surface area contributed by atoms with E-state index in [0.717, 1.165) is 37.1 Å². The highest BCUT2D eigenvalue weighted by atomic mass is 32.2. The Morgan fingerprint density at radius 2 is 1.76 bits per heavy atom. The van der Waals surface area contributed by atoms with Crippen LogP contribution in [0.5, 0.6) is 0 Å². The van der Waals surface area contributed by atoms with Crippen molar-refractivity contribution in [1.29, 1.82) is 0 Å². The van der Waals surface area contributed by atoms with Gasteiger partial charge in [0.2, 0.25) is 15.9 Å². The molecule has 186 valence electrons. The van der Waals surface area contributed by atoms with Crippen molar-refractivity contribution in [1.82, 2.24) is 14.9 Å². The van der Waals surface area contributed by atoms with E-state index in [4.69, 9.17) is 0 Å². The molecule has 0 aromatic heterocycles. The Morgan fingerprint density at radius 3 is 2.30 bits per heavy atom. The summed E-state index contributed by atoms with van der Waals surface area (Å²) in [5.41, 5.74) is -0.907. The monoisotopic (exact) mass is 489 g/mol. The maximum atomic E-state index is 13.1. The molecular formula is C23H34F3N3O3S. The van der Waals surface area contributed by atoms with Crippen molar-refractivity contribution in [3.05, 3.63) is 29.8 Å². The Kier molecular flexibility index (Phi) is 7.51. The Bertz CT molecular complexity index is 942. The van der Waals surface area contributed by atoms with Crippen LogP contribution in [0.1, 0.15) is 52.5 Å². The second-order valence-electron chi connectivity index (χ2n) is 10.3. The smallest absolute Gasteiger partial charge is 0.352 e. The second kappa shape index (κ2) is 9.54. The average molecular weight is 490 g/mol. The highest BCUT2D eigenvalue weighted by Gasteiger charge is 2.47. The van der Waals surface area contributed by atoms with Crippen molar-refractivity contribution in [2.45, 2.75) is 70.1 Å². The molecule has 1 aromatic carbocycles. The fourth-order valence-electron chi connectivity index (χ4n) is 4.96. The van der Waals surface area contributed by atoms with E-state index in [2.05, 4.69) is 31.4 Å². The zero-order valence-corrected chi connectivity index (χ0v) is 20.4. The summed E-state index contributed by atoms with van der Waals surface area (Å²) in [6, 6.07) is 3.18. The maximum absolute atomic E-state index is 13.1. The molecule has 2 aliphatic rings. The molecule has 3 rings (SSSR count). The summed E-state index contributed by atoms with van der Waals surface area (Å²) in [5, 5.41) is 6.39. The van der Waals surface area contributed by atoms with Crippen LogP contribution in [-0.4, -0.2) is 50.3 Å². The standard InChI is InChI=1S/C23H34F3N3O3S/c1-5-27-20(12-22(2,3)4)21(30)28-19-11-6-15-13-29(14-18(15)19)33(31,32)17-9-7-16(8-10-17)23(24,25)26/h7-10,15,18-20,27H,5-6,11-14H2,1-4H3,(H,28,30)/t15-,18+,19+,20+/m1/s1. The number of carbonyl (C=O) groups is 1. The first kappa shape index (κ1) is 26.0. The quantitative estimate of drug-likeness (QED) is 0.613. The zero-order valence-electron chi connectivity index (χ0n) is 19.6. The molecule has 0 radical (unpaired) electrons. The van der Waals surface area contributed by atoms with Gasteiger partial charge in [0.15, 0.2) is 0 Å². The molecule has 0 bridgehead atoms. The van der Waals surface area contributed by atoms with Gasteiger partial charge in [-0.1, -0.05) is 27.7 Å². The van der Waals surface area contributed by atoms with E-state index in [-0.39, 0.29) is 46.7 Å². The lowest BCUT2D eigenvalue weighted by Crippen LogP contribution is -2.50. The van der Waals surface area contributed by atoms with Crippen LogP contribution in [0.3, 0.4) is 0 Å². The van der Waals surface area contributed by atoms with E-state index in [0.29, 0.717) is 19.5 Å². The topological polar surface area (TPSA) is 78.5 Å². The number of amides is 1. The van der Waals surface area contributed by atoms with Crippen LogP contribution in [0, 0.1) is 17.3 Å². The minimum Gasteiger partial charge on any atom is -0.352 e. The van der Waals surface area contributed by atoms with Crippen molar-refractivity contribution >= 4 is 15.9 Å². The number of hydrogen-bond acceptors (Lipinski definition) is 4. The number of nitrogens with one attached hydrogen (secondary N) is 2. The van der Waals surface area contributed by atoms with Crippen molar-refractivity contribution in [3.63, 3.8) is 0 Å². The van der Waals surface area contributed by atoms with Gasteiger partial charge in [0.05, 0.1) is 16.5 Å². The number of nitrogens with zero attached hydrogens (tertiary/aromatic N) is 1. The number of sulfonamides is 1. The molecule has 4 atom stereocenters. The first-order valence-corrected chi connectivity index (χ1v) is 12.9. The molecule has 0 spiro atoms. The average Bonchev–Trinajstić information content (AvgIpc) is 3.28. The van der Waals surface area contributed by atoms with Crippen LogP contribution in [-0.2, 0) is 21.0 Å². The van der Waals surface area contributed by atoms with Gasteiger partial charge in [-0.25, -0.2) is 8.42 Å². The van der Waals surface area contributed by atoms with Crippen LogP contribution < -0.4 is 10.6 Å². The molecular weight excluding hydrogens is 455 g/mol. The van der Waals surface area contributed by atoms with Crippen LogP contribution in [0.15, 0.2) is 29.2 Å². The van der Waals surface area contributed by atoms with Gasteiger partial charge in [-0.3, -0.25) is 4.79 Å². The first-order valence-electron chi connectivity index (χ1n) is 11.4. The van der Waals surface area contributed by atoms with E-state index in [1.54, 1.807) is 0 Å². The van der Waals surface area contributed by atoms with Gasteiger partial charge in [0.1, 0.15) is 0 Å². The number of alkyl halides is 3. The van der Waals surface area contributed by atoms with Gasteiger partial charge in [-0.2, -0.15) is 17.5 Å². The zero-order chi connectivity index (χ0) is 24.6. The molecule has 6 nitrogen and oxygen atoms in total. The van der Waals surface area contributed by atoms with Gasteiger partial charge < -0.3 is 10.6 Å². The molecule has 1 heterocycles. The number of hydrogen-bond donors (Lipinski definition) is 2. The van der Waals surface area contributed by atoms with E-state index in [1.165, 1.54) is 4.31 Å². The summed E-state index contributed by atoms with van der Waals surface area (Å²) in [5.74, 6) is 0.0521. The lowest BCUT2D eigenvalue weighted by atomic mass is 9.87. The predicted molar refractivity (Wildman–Crippen MR) is 120 cm³/mol. The molecule has 1 saturated heterocycles. The van der Waals surface area contributed by atoms with Gasteiger partial charge in [-0.05, 0) is 67.3 Å². The normalized spacial score (nSPS) is 25.1. The minimum absolute atomic E-state index is 0.00455. The molecule has 10 heteroatoms. The van der Waals surface area contributed by atoms with Crippen LogP contribution in [0.25, 0.3) is 0 Å². The van der Waals surface area contributed by atoms with E-state index in [9.17, 15) is 26.4 Å². The molecule has 1 aliphatic carbocycles. The van der Waals surface area contributed by atoms with Crippen LogP contribution in [0.2, 0.25) is 0 Å². The maximum Gasteiger partial charge on any atom is 0.416 e. The lowest BCUT2D eigenvalue weighted by Gasteiger charge is -2.28. The molecule has 0 unspecified atom stereocenters. The molecule has 33 heavy (non-hydrogen) atoms. The Hall–Kier alpha value is -1.65. The highest BCUT2D eigenvalue weighted by molar-refractivity contribution is 7.89. The number of benzene rings is 1. The summed E-state index contributed by atoms with van der Waals surface area (Å²) in [6.45, 7) is 9.44. The third-order valence-electron chi connectivity index (χ3n) is 6.55. The number of rotatable bonds is 7. The number of fused-ring (bicyclic) bond motifs is 1. The molecule has 1 aliphatic heterocycles. The van der Waals surface area contributed by atoms with Crippen LogP contribution in [0.4, 0.5) is 13.2 Å². The van der Waals surface area contributed by atoms with E-state index < -0.39 is 21.8 Å². The Labute approximate surface area is 194 Å². The van der Waals surface area contributed by atoms with Crippen molar-refractivity contribution in [2.75, 3.05) is 19.6 Å². The molecule has 1 amide bonds. The third kappa shape index (κ3) is 6.08. The number of likely N-dealkylation sites (N-methyl/N-ethyl adjacent to an activating group) is 1. The highest BCUT2D eigenvalue weighted by Crippen LogP contribution is 2.40. The van der Waals surface area contributed by atoms with Crippen molar-refractivity contribution in [2.24, 2.45) is 17.3 Å². The fourth-order valence-corrected chi connectivity index (χ4v) is 6.50. The second-order valence-corrected chi connectivity index (χ2v) is 12.3. The largest absolute Gasteiger partial charge is 0.416 e. The third-order valence-corrected chi connectivity index (χ3v) is 8.40. The Balaban J connectivity index is 1.68. The SMILES string of the molecule is CCN[C@@H](CC(C)(C)C)C(=O)N[C@H]1CC[C@@H]2CN(S(=O)(=O)c3ccc(C(F)(F)F)cc3)C[C@@H]21. The molecule has 1 aromatic rings. The summed E-state index contributed by atoms with van der Waals surface area (Å²) in [7, 11) is -3.90. The summed E-state index contributed by atoms with van der Waals surface area (Å²) in [4.78, 5) is 12.8. The first-order chi connectivity index (χ1) is 15.2. The van der Waals surface area contributed by atoms with Crippen molar-refractivity contribution in [3.8, 4) is 0 Å². The van der Waals surface area contributed by atoms with Gasteiger partial charge >= 0.3 is 6.18 Å². The summed E-state index contributed by atoms with van der Waals surface area (Å²) >= 11 is 0. The summed E-state index contributed by atoms with van der Waals surface area (Å²) in [6.07, 6.45) is -2.23. The van der Waals surface area contributed by atoms with E-state index >= 15 is 0 Å².